The summed E-state index contributed by atoms with van der Waals surface area (Å²) < 4.78 is 5.00. The maximum absolute atomic E-state index is 12.1. The van der Waals surface area contributed by atoms with Gasteiger partial charge in [0.25, 0.3) is 5.91 Å². The maximum atomic E-state index is 12.1. The molecule has 1 saturated carbocycles. The van der Waals surface area contributed by atoms with E-state index in [1.54, 1.807) is 18.2 Å². The SMILES string of the molecule is COc1cccc(C(=O)NC2CCCCC2)c1O. The number of phenolic OH excluding ortho intramolecular Hbond substituents is 1. The number of methoxy groups -OCH3 is 1. The molecule has 0 atom stereocenters. The van der Waals surface area contributed by atoms with Crippen LogP contribution < -0.4 is 10.1 Å². The zero-order valence-corrected chi connectivity index (χ0v) is 10.6. The Morgan fingerprint density at radius 3 is 2.72 bits per heavy atom. The normalized spacial score (nSPS) is 16.3. The summed E-state index contributed by atoms with van der Waals surface area (Å²) >= 11 is 0. The lowest BCUT2D eigenvalue weighted by Gasteiger charge is -2.23. The molecule has 1 aromatic rings. The molecule has 0 spiro atoms. The number of carbonyl (C=O) groups excluding carboxylic acids is 1. The Bertz CT molecular complexity index is 425. The van der Waals surface area contributed by atoms with Crippen molar-refractivity contribution in [2.75, 3.05) is 7.11 Å². The number of amides is 1. The summed E-state index contributed by atoms with van der Waals surface area (Å²) in [7, 11) is 1.47. The largest absolute Gasteiger partial charge is 0.504 e. The zero-order valence-electron chi connectivity index (χ0n) is 10.6. The number of para-hydroxylation sites is 1. The quantitative estimate of drug-likeness (QED) is 0.865. The minimum atomic E-state index is -0.224. The molecule has 1 aromatic carbocycles. The van der Waals surface area contributed by atoms with Crippen LogP contribution in [0.1, 0.15) is 42.5 Å². The fourth-order valence-electron chi connectivity index (χ4n) is 2.38. The van der Waals surface area contributed by atoms with Crippen LogP contribution in [0.3, 0.4) is 0 Å². The van der Waals surface area contributed by atoms with Crippen LogP contribution in [0.4, 0.5) is 0 Å². The molecule has 4 heteroatoms. The average Bonchev–Trinajstić information content (AvgIpc) is 2.40. The van der Waals surface area contributed by atoms with E-state index in [0.29, 0.717) is 5.75 Å². The van der Waals surface area contributed by atoms with E-state index < -0.39 is 0 Å². The summed E-state index contributed by atoms with van der Waals surface area (Å²) in [6.45, 7) is 0. The molecule has 1 aliphatic carbocycles. The number of ether oxygens (including phenoxy) is 1. The molecule has 0 unspecified atom stereocenters. The summed E-state index contributed by atoms with van der Waals surface area (Å²) in [5.41, 5.74) is 0.278. The summed E-state index contributed by atoms with van der Waals surface area (Å²) in [6, 6.07) is 5.17. The van der Waals surface area contributed by atoms with Crippen molar-refractivity contribution in [1.29, 1.82) is 0 Å². The van der Waals surface area contributed by atoms with Gasteiger partial charge in [-0.2, -0.15) is 0 Å². The highest BCUT2D eigenvalue weighted by atomic mass is 16.5. The van der Waals surface area contributed by atoms with Crippen molar-refractivity contribution in [3.8, 4) is 11.5 Å². The highest BCUT2D eigenvalue weighted by Crippen LogP contribution is 2.29. The first kappa shape index (κ1) is 12.7. The standard InChI is InChI=1S/C14H19NO3/c1-18-12-9-5-8-11(13(12)16)14(17)15-10-6-3-2-4-7-10/h5,8-10,16H,2-4,6-7H2,1H3,(H,15,17). The molecule has 0 saturated heterocycles. The fourth-order valence-corrected chi connectivity index (χ4v) is 2.38. The molecule has 0 aromatic heterocycles. The van der Waals surface area contributed by atoms with Gasteiger partial charge in [0.05, 0.1) is 12.7 Å². The van der Waals surface area contributed by atoms with Crippen LogP contribution in [0.5, 0.6) is 11.5 Å². The predicted octanol–water partition coefficient (Wildman–Crippen LogP) is 2.46. The summed E-state index contributed by atoms with van der Waals surface area (Å²) in [4.78, 5) is 12.1. The van der Waals surface area contributed by atoms with Gasteiger partial charge in [-0.1, -0.05) is 25.3 Å². The van der Waals surface area contributed by atoms with Gasteiger partial charge in [0.2, 0.25) is 0 Å². The van der Waals surface area contributed by atoms with E-state index in [9.17, 15) is 9.90 Å². The van der Waals surface area contributed by atoms with Crippen LogP contribution in [0.15, 0.2) is 18.2 Å². The Morgan fingerprint density at radius 2 is 2.06 bits per heavy atom. The van der Waals surface area contributed by atoms with Crippen molar-refractivity contribution in [2.45, 2.75) is 38.1 Å². The molecule has 2 N–H and O–H groups in total. The van der Waals surface area contributed by atoms with Crippen LogP contribution in [0.25, 0.3) is 0 Å². The van der Waals surface area contributed by atoms with Gasteiger partial charge in [-0.05, 0) is 25.0 Å². The second-order valence-electron chi connectivity index (χ2n) is 4.66. The second-order valence-corrected chi connectivity index (χ2v) is 4.66. The lowest BCUT2D eigenvalue weighted by atomic mass is 9.95. The molecule has 1 fully saturated rings. The molecule has 1 amide bonds. The molecular formula is C14H19NO3. The zero-order chi connectivity index (χ0) is 13.0. The van der Waals surface area contributed by atoms with Gasteiger partial charge in [-0.25, -0.2) is 0 Å². The van der Waals surface area contributed by atoms with E-state index >= 15 is 0 Å². The van der Waals surface area contributed by atoms with Gasteiger partial charge in [-0.3, -0.25) is 4.79 Å². The summed E-state index contributed by atoms with van der Waals surface area (Å²) in [6.07, 6.45) is 5.62. The molecule has 2 rings (SSSR count). The van der Waals surface area contributed by atoms with Gasteiger partial charge < -0.3 is 15.2 Å². The summed E-state index contributed by atoms with van der Waals surface area (Å²) in [5.74, 6) is 0.0119. The van der Waals surface area contributed by atoms with Gasteiger partial charge in [0.15, 0.2) is 11.5 Å². The maximum Gasteiger partial charge on any atom is 0.255 e. The Kier molecular flexibility index (Phi) is 4.07. The highest BCUT2D eigenvalue weighted by Gasteiger charge is 2.19. The monoisotopic (exact) mass is 249 g/mol. The molecule has 0 radical (unpaired) electrons. The minimum absolute atomic E-state index is 0.0895. The Hall–Kier alpha value is -1.71. The smallest absolute Gasteiger partial charge is 0.255 e. The van der Waals surface area contributed by atoms with Crippen LogP contribution in [-0.4, -0.2) is 24.2 Å². The van der Waals surface area contributed by atoms with Crippen LogP contribution in [-0.2, 0) is 0 Å². The average molecular weight is 249 g/mol. The van der Waals surface area contributed by atoms with E-state index in [1.165, 1.54) is 13.5 Å². The number of aromatic hydroxyl groups is 1. The van der Waals surface area contributed by atoms with Crippen LogP contribution >= 0.6 is 0 Å². The van der Waals surface area contributed by atoms with Crippen molar-refractivity contribution in [2.24, 2.45) is 0 Å². The topological polar surface area (TPSA) is 58.6 Å². The second kappa shape index (κ2) is 5.76. The van der Waals surface area contributed by atoms with Crippen molar-refractivity contribution >= 4 is 5.91 Å². The molecule has 1 aliphatic rings. The molecule has 0 bridgehead atoms. The number of benzene rings is 1. The van der Waals surface area contributed by atoms with Crippen molar-refractivity contribution in [1.82, 2.24) is 5.32 Å². The third kappa shape index (κ3) is 2.75. The Balaban J connectivity index is 2.08. The van der Waals surface area contributed by atoms with Crippen molar-refractivity contribution in [3.63, 3.8) is 0 Å². The Labute approximate surface area is 107 Å². The van der Waals surface area contributed by atoms with E-state index in [1.807, 2.05) is 0 Å². The minimum Gasteiger partial charge on any atom is -0.504 e. The molecule has 18 heavy (non-hydrogen) atoms. The molecule has 0 aliphatic heterocycles. The first-order valence-electron chi connectivity index (χ1n) is 6.39. The lowest BCUT2D eigenvalue weighted by Crippen LogP contribution is -2.36. The van der Waals surface area contributed by atoms with Gasteiger partial charge >= 0.3 is 0 Å². The van der Waals surface area contributed by atoms with Gasteiger partial charge in [0, 0.05) is 6.04 Å². The first-order chi connectivity index (χ1) is 8.72. The third-order valence-corrected chi connectivity index (χ3v) is 3.40. The fraction of sp³-hybridized carbons (Fsp3) is 0.500. The molecule has 0 heterocycles. The third-order valence-electron chi connectivity index (χ3n) is 3.40. The van der Waals surface area contributed by atoms with Crippen LogP contribution in [0.2, 0.25) is 0 Å². The number of hydrogen-bond donors (Lipinski definition) is 2. The van der Waals surface area contributed by atoms with E-state index in [0.717, 1.165) is 25.7 Å². The lowest BCUT2D eigenvalue weighted by molar-refractivity contribution is 0.0924. The number of carbonyl (C=O) groups is 1. The number of hydrogen-bond acceptors (Lipinski definition) is 3. The number of nitrogens with one attached hydrogen (secondary N) is 1. The van der Waals surface area contributed by atoms with Gasteiger partial charge in [-0.15, -0.1) is 0 Å². The molecule has 98 valence electrons. The molecule has 4 nitrogen and oxygen atoms in total. The number of rotatable bonds is 3. The van der Waals surface area contributed by atoms with Crippen molar-refractivity contribution in [3.05, 3.63) is 23.8 Å². The van der Waals surface area contributed by atoms with Crippen molar-refractivity contribution < 1.29 is 14.6 Å². The van der Waals surface area contributed by atoms with E-state index in [2.05, 4.69) is 5.32 Å². The number of phenols is 1. The predicted molar refractivity (Wildman–Crippen MR) is 69.0 cm³/mol. The van der Waals surface area contributed by atoms with E-state index in [-0.39, 0.29) is 23.3 Å². The molecular weight excluding hydrogens is 230 g/mol. The Morgan fingerprint density at radius 1 is 1.33 bits per heavy atom. The van der Waals surface area contributed by atoms with Gasteiger partial charge in [0.1, 0.15) is 0 Å². The van der Waals surface area contributed by atoms with Crippen LogP contribution in [0, 0.1) is 0 Å². The van der Waals surface area contributed by atoms with E-state index in [4.69, 9.17) is 4.74 Å². The highest BCUT2D eigenvalue weighted by molar-refractivity contribution is 5.97. The first-order valence-corrected chi connectivity index (χ1v) is 6.39. The summed E-state index contributed by atoms with van der Waals surface area (Å²) in [5, 5.41) is 12.9.